The number of aliphatic hydroxyl groups is 2. The van der Waals surface area contributed by atoms with Crippen molar-refractivity contribution in [2.24, 2.45) is 5.73 Å². The number of nitrogen functional groups attached to an aromatic ring is 3. The maximum Gasteiger partial charge on any atom is 0.340 e. The third-order valence-electron chi connectivity index (χ3n) is 11.2. The smallest absolute Gasteiger partial charge is 0.340 e. The molecule has 519 valence electrons. The number of carboxylic acid groups (broad SMARTS) is 2. The monoisotopic (exact) mass is 1750 g/mol. The molecule has 43 heteroatoms. The number of aliphatic hydroxyl groups excluding tert-OH is 2. The molecule has 12 N–H and O–H groups in total. The molecular weight excluding hydrogens is 1700 g/mol. The second kappa shape index (κ2) is 46.8. The number of tetrazole rings is 3. The van der Waals surface area contributed by atoms with Crippen LogP contribution in [-0.2, 0) is 53.8 Å². The summed E-state index contributed by atoms with van der Waals surface area (Å²) in [5.74, 6) is -6.09. The molecule has 0 bridgehead atoms. The Morgan fingerprint density at radius 1 is 0.562 bits per heavy atom. The molecule has 3 radical (unpaired) electrons. The van der Waals surface area contributed by atoms with Gasteiger partial charge in [-0.1, -0.05) is 6.07 Å². The van der Waals surface area contributed by atoms with E-state index in [0.29, 0.717) is 46.1 Å². The van der Waals surface area contributed by atoms with E-state index in [1.165, 1.54) is 104 Å². The molecule has 0 saturated carbocycles. The molecule has 9 aromatic rings. The summed E-state index contributed by atoms with van der Waals surface area (Å²) in [7, 11) is 11.9. The zero-order valence-corrected chi connectivity index (χ0v) is 60.6. The Hall–Kier alpha value is -6.35. The Balaban J connectivity index is 0.000000552. The predicted molar refractivity (Wildman–Crippen MR) is 362 cm³/mol. The van der Waals surface area contributed by atoms with Crippen LogP contribution in [0.2, 0.25) is 0 Å². The van der Waals surface area contributed by atoms with Gasteiger partial charge in [-0.15, -0.1) is 26.9 Å². The number of anilines is 3. The van der Waals surface area contributed by atoms with Crippen LogP contribution >= 0.6 is 113 Å². The van der Waals surface area contributed by atoms with E-state index >= 15 is 0 Å². The predicted octanol–water partition coefficient (Wildman–Crippen LogP) is 10.7. The van der Waals surface area contributed by atoms with E-state index < -0.39 is 74.5 Å². The van der Waals surface area contributed by atoms with Crippen molar-refractivity contribution in [1.29, 1.82) is 0 Å². The van der Waals surface area contributed by atoms with Gasteiger partial charge >= 0.3 is 11.9 Å². The number of aromatic carboxylic acids is 2. The molecular formula is C53H54BBr5Cl3F6N16O11S. The van der Waals surface area contributed by atoms with Crippen LogP contribution in [0.1, 0.15) is 55.8 Å². The number of aromatic nitrogens is 12. The maximum absolute atomic E-state index is 13.6. The molecule has 27 nitrogen and oxygen atoms in total. The van der Waals surface area contributed by atoms with Gasteiger partial charge in [0.2, 0.25) is 9.23 Å². The Morgan fingerprint density at radius 2 is 0.906 bits per heavy atom. The molecule has 4 heterocycles. The summed E-state index contributed by atoms with van der Waals surface area (Å²) in [5.41, 5.74) is 23.0. The molecule has 0 amide bonds. The van der Waals surface area contributed by atoms with E-state index in [9.17, 15) is 35.9 Å². The number of methoxy groups -OCH3 is 3. The highest BCUT2D eigenvalue weighted by Gasteiger charge is 2.19. The van der Waals surface area contributed by atoms with E-state index in [0.717, 1.165) is 19.3 Å². The summed E-state index contributed by atoms with van der Waals surface area (Å²) >= 11 is 20.7. The van der Waals surface area contributed by atoms with Crippen LogP contribution in [0.4, 0.5) is 43.4 Å². The highest BCUT2D eigenvalue weighted by molar-refractivity contribution is 9.11. The summed E-state index contributed by atoms with van der Waals surface area (Å²) < 4.78 is 113. The fourth-order valence-electron chi connectivity index (χ4n) is 6.79. The average Bonchev–Trinajstić information content (AvgIpc) is 1.28. The van der Waals surface area contributed by atoms with Crippen molar-refractivity contribution in [1.82, 2.24) is 60.6 Å². The number of rotatable bonds is 12. The Labute approximate surface area is 602 Å². The van der Waals surface area contributed by atoms with Crippen molar-refractivity contribution in [3.05, 3.63) is 188 Å². The number of nitrogens with two attached hydrogens (primary N) is 4. The zero-order valence-electron chi connectivity index (χ0n) is 49.6. The lowest BCUT2D eigenvalue weighted by molar-refractivity contribution is -0.252. The second-order valence-corrected chi connectivity index (χ2v) is 24.1. The second-order valence-electron chi connectivity index (χ2n) is 17.1. The van der Waals surface area contributed by atoms with E-state index in [1.807, 2.05) is 0 Å². The first kappa shape index (κ1) is 87.7. The largest absolute Gasteiger partial charge is 0.478 e. The minimum atomic E-state index is -1.67. The van der Waals surface area contributed by atoms with Crippen LogP contribution in [0.5, 0.6) is 0 Å². The van der Waals surface area contributed by atoms with E-state index in [1.54, 1.807) is 36.4 Å². The number of nitrogens with zero attached hydrogens (tertiary/aromatic N) is 12. The summed E-state index contributed by atoms with van der Waals surface area (Å²) in [6.07, 6.45) is 6.67. The molecule has 1 fully saturated rings. The van der Waals surface area contributed by atoms with Gasteiger partial charge < -0.3 is 62.3 Å². The number of halogens is 14. The van der Waals surface area contributed by atoms with Crippen molar-refractivity contribution >= 4 is 159 Å². The minimum Gasteiger partial charge on any atom is -0.478 e. The van der Waals surface area contributed by atoms with Gasteiger partial charge in [-0.25, -0.2) is 54.2 Å². The van der Waals surface area contributed by atoms with Gasteiger partial charge in [0.15, 0.2) is 5.82 Å². The molecule has 6 aromatic carbocycles. The molecule has 10 rings (SSSR count). The first-order chi connectivity index (χ1) is 45.1. The fourth-order valence-corrected chi connectivity index (χ4v) is 8.87. The van der Waals surface area contributed by atoms with Crippen molar-refractivity contribution in [3.63, 3.8) is 0 Å². The average molecular weight is 1750 g/mol. The molecule has 0 unspecified atom stereocenters. The zero-order chi connectivity index (χ0) is 71.5. The first-order valence-electron chi connectivity index (χ1n) is 25.6. The lowest BCUT2D eigenvalue weighted by Gasteiger charge is -2.08. The highest BCUT2D eigenvalue weighted by Crippen LogP contribution is 2.29. The topological polar surface area (TPSA) is 404 Å². The van der Waals surface area contributed by atoms with Gasteiger partial charge in [0.05, 0.1) is 58.5 Å². The molecule has 0 atom stereocenters. The number of carbonyl (C=O) groups is 2. The van der Waals surface area contributed by atoms with Crippen LogP contribution in [0.25, 0.3) is 17.1 Å². The normalized spacial score (nSPS) is 10.8. The first-order valence-corrected chi connectivity index (χ1v) is 32.9. The number of alkyl halides is 1. The fraction of sp³-hybridized carbons (Fsp3) is 0.226. The Kier molecular flexibility index (Phi) is 42.7. The molecule has 0 aliphatic carbocycles. The van der Waals surface area contributed by atoms with Crippen molar-refractivity contribution in [2.75, 3.05) is 51.7 Å². The van der Waals surface area contributed by atoms with Gasteiger partial charge in [-0.3, -0.25) is 0 Å². The van der Waals surface area contributed by atoms with Crippen LogP contribution in [-0.4, -0.2) is 147 Å². The highest BCUT2D eigenvalue weighted by atomic mass is 79.9. The quantitative estimate of drug-likeness (QED) is 0.0141. The van der Waals surface area contributed by atoms with Gasteiger partial charge in [0.1, 0.15) is 59.2 Å². The van der Waals surface area contributed by atoms with Crippen LogP contribution in [0, 0.1) is 34.9 Å². The summed E-state index contributed by atoms with van der Waals surface area (Å²) in [6.45, 7) is 0.776. The summed E-state index contributed by atoms with van der Waals surface area (Å²) in [4.78, 5) is 20.8. The number of carboxylic acids is 2. The van der Waals surface area contributed by atoms with Gasteiger partial charge in [0, 0.05) is 110 Å². The van der Waals surface area contributed by atoms with Crippen molar-refractivity contribution in [3.8, 4) is 17.1 Å². The summed E-state index contributed by atoms with van der Waals surface area (Å²) in [6, 6.07) is 19.2. The number of ether oxygens (including phenoxy) is 4. The third kappa shape index (κ3) is 28.2. The minimum absolute atomic E-state index is 0. The SMILES string of the molecule is C1CCOC1.COC(OC)OC.Fc1c(Br)ccc(-n2cnnn2)c1CCl.NCc1c(-n2cnnn2)ccc(Br)c1F.Nc1ccc(Br)c(F)c1C(=O)O.Nc1ccc(Br)c(F)c1CO.Nc1cccc(F)c1C(=O)O.O=S(Cl)Cl.OCc1c(-n2cnnn2)ccc(Br)c1F.[B]. The molecule has 1 saturated heterocycles. The lowest BCUT2D eigenvalue weighted by Crippen LogP contribution is -2.14. The summed E-state index contributed by atoms with van der Waals surface area (Å²) in [5, 5.41) is 66.5. The van der Waals surface area contributed by atoms with E-state index in [-0.39, 0.29) is 65.9 Å². The molecule has 3 aromatic heterocycles. The van der Waals surface area contributed by atoms with Crippen LogP contribution in [0.15, 0.2) is 120 Å². The van der Waals surface area contributed by atoms with Crippen LogP contribution in [0.3, 0.4) is 0 Å². The standard InChI is InChI=1S/C8H5BrClFN4.C8H7BrFN5.C8H6BrFN4O.C7H5BrFNO2.C7H7BrFNO.C7H6FNO2.C4H10O3.C4H8O.B.Cl2OS/c9-6-1-2-7(5(3-10)8(6)11)15-4-12-13-14-15;9-6-1-2-7(5(3-11)8(6)10)15-4-12-13-14-15;9-6-1-2-7(5(3-15)8(6)10)14-4-11-12-13-14;8-3-1-2-4(10)5(6(3)9)7(11)12;8-5-1-2-6(10)4(3-11)7(5)9;8-4-2-1-3-5(9)6(4)7(10)11;1-5-4(6-2)7-3;1-2-4-5-3-1;;1-4(2)3/h1-2,4H,3H2;1-2,4H,3,11H2;1-2,4,15H,3H2;1-2H,10H2,(H,11,12);1-2,11H,3,10H2;1-3H,9H2,(H,10,11);4H,1-3H3;1-4H2;;. The maximum atomic E-state index is 13.6. The number of hydrogen-bond donors (Lipinski definition) is 8. The van der Waals surface area contributed by atoms with Gasteiger partial charge in [0.25, 0.3) is 6.48 Å². The van der Waals surface area contributed by atoms with Gasteiger partial charge in [-0.05, 0) is 197 Å². The van der Waals surface area contributed by atoms with Gasteiger partial charge in [-0.2, -0.15) is 0 Å². The van der Waals surface area contributed by atoms with E-state index in [2.05, 4.69) is 162 Å². The lowest BCUT2D eigenvalue weighted by atomic mass is 10.1. The number of benzene rings is 6. The van der Waals surface area contributed by atoms with Crippen molar-refractivity contribution in [2.45, 2.75) is 45.0 Å². The molecule has 1 aliphatic heterocycles. The van der Waals surface area contributed by atoms with E-state index in [4.69, 9.17) is 63.9 Å². The van der Waals surface area contributed by atoms with Crippen LogP contribution < -0.4 is 22.9 Å². The molecule has 96 heavy (non-hydrogen) atoms. The Morgan fingerprint density at radius 3 is 1.20 bits per heavy atom. The van der Waals surface area contributed by atoms with Crippen molar-refractivity contribution < 1.29 is 79.5 Å². The third-order valence-corrected chi connectivity index (χ3v) is 14.5. The molecule has 1 aliphatic rings. The number of hydrogen-bond acceptors (Lipinski definition) is 22. The Bertz CT molecular complexity index is 3620. The molecule has 0 spiro atoms.